The van der Waals surface area contributed by atoms with Crippen LogP contribution in [0.25, 0.3) is 0 Å². The average Bonchev–Trinajstić information content (AvgIpc) is 2.29. The van der Waals surface area contributed by atoms with E-state index in [-0.39, 0.29) is 11.3 Å². The Balaban J connectivity index is 2.18. The summed E-state index contributed by atoms with van der Waals surface area (Å²) in [5.41, 5.74) is 1.01. The number of piperidine rings is 1. The van der Waals surface area contributed by atoms with Gasteiger partial charge in [0, 0.05) is 18.8 Å². The van der Waals surface area contributed by atoms with Crippen LogP contribution in [0.3, 0.4) is 0 Å². The minimum absolute atomic E-state index is 0.114. The monoisotopic (exact) mass is 233 g/mol. The van der Waals surface area contributed by atoms with E-state index in [9.17, 15) is 9.90 Å². The number of carboxylic acid groups (broad SMARTS) is 1. The summed E-state index contributed by atoms with van der Waals surface area (Å²) in [5.74, 6) is -0.980. The van der Waals surface area contributed by atoms with Crippen LogP contribution in [0.1, 0.15) is 20.3 Å². The largest absolute Gasteiger partial charge is 0.481 e. The maximum absolute atomic E-state index is 11.3. The van der Waals surface area contributed by atoms with Crippen LogP contribution in [0.2, 0.25) is 0 Å². The van der Waals surface area contributed by atoms with Crippen LogP contribution >= 0.6 is 0 Å². The summed E-state index contributed by atoms with van der Waals surface area (Å²) >= 11 is 0. The molecule has 3 heteroatoms. The Bertz CT molecular complexity index is 400. The molecule has 0 saturated carbocycles. The number of aliphatic carboxylic acids is 1. The van der Waals surface area contributed by atoms with Gasteiger partial charge in [-0.2, -0.15) is 0 Å². The number of nitrogens with zero attached hydrogens (tertiary/aromatic N) is 1. The molecule has 1 unspecified atom stereocenters. The second-order valence-electron chi connectivity index (χ2n) is 5.41. The Hall–Kier alpha value is -1.51. The summed E-state index contributed by atoms with van der Waals surface area (Å²) in [6.07, 6.45) is 0.916. The van der Waals surface area contributed by atoms with Gasteiger partial charge in [-0.1, -0.05) is 32.0 Å². The van der Waals surface area contributed by atoms with E-state index in [1.807, 2.05) is 44.2 Å². The van der Waals surface area contributed by atoms with Gasteiger partial charge in [0.05, 0.1) is 5.92 Å². The highest BCUT2D eigenvalue weighted by atomic mass is 16.4. The molecule has 1 fully saturated rings. The maximum Gasteiger partial charge on any atom is 0.308 e. The first-order valence-corrected chi connectivity index (χ1v) is 6.03. The van der Waals surface area contributed by atoms with Crippen molar-refractivity contribution in [2.45, 2.75) is 20.3 Å². The van der Waals surface area contributed by atoms with E-state index in [4.69, 9.17) is 0 Å². The van der Waals surface area contributed by atoms with E-state index < -0.39 is 5.97 Å². The molecule has 2 rings (SSSR count). The van der Waals surface area contributed by atoms with Crippen LogP contribution in [0.5, 0.6) is 0 Å². The van der Waals surface area contributed by atoms with Crippen LogP contribution in [0, 0.1) is 11.3 Å². The maximum atomic E-state index is 11.3. The number of hydrogen-bond donors (Lipinski definition) is 1. The van der Waals surface area contributed by atoms with Crippen molar-refractivity contribution in [2.24, 2.45) is 11.3 Å². The fraction of sp³-hybridized carbons (Fsp3) is 0.500. The standard InChI is InChI=1S/C14H19NO2/c1-14(2)8-9-15(10-12(14)13(16)17)11-6-4-3-5-7-11/h3-7,12H,8-10H2,1-2H3,(H,16,17). The molecule has 0 aliphatic carbocycles. The average molecular weight is 233 g/mol. The number of rotatable bonds is 2. The summed E-state index contributed by atoms with van der Waals surface area (Å²) in [7, 11) is 0. The van der Waals surface area contributed by atoms with Gasteiger partial charge in [0.2, 0.25) is 0 Å². The number of para-hydroxylation sites is 1. The Morgan fingerprint density at radius 1 is 1.35 bits per heavy atom. The van der Waals surface area contributed by atoms with Crippen molar-refractivity contribution in [1.29, 1.82) is 0 Å². The summed E-state index contributed by atoms with van der Waals surface area (Å²) < 4.78 is 0. The molecule has 1 aromatic carbocycles. The topological polar surface area (TPSA) is 40.5 Å². The van der Waals surface area contributed by atoms with Crippen LogP contribution < -0.4 is 4.90 Å². The fourth-order valence-electron chi connectivity index (χ4n) is 2.44. The van der Waals surface area contributed by atoms with Crippen molar-refractivity contribution < 1.29 is 9.90 Å². The first kappa shape index (κ1) is 12.0. The zero-order valence-corrected chi connectivity index (χ0v) is 10.4. The van der Waals surface area contributed by atoms with E-state index >= 15 is 0 Å². The lowest BCUT2D eigenvalue weighted by atomic mass is 9.73. The van der Waals surface area contributed by atoms with Gasteiger partial charge in [-0.15, -0.1) is 0 Å². The third kappa shape index (κ3) is 2.43. The zero-order chi connectivity index (χ0) is 12.5. The van der Waals surface area contributed by atoms with E-state index in [0.29, 0.717) is 6.54 Å². The minimum Gasteiger partial charge on any atom is -0.481 e. The highest BCUT2D eigenvalue weighted by Gasteiger charge is 2.40. The highest BCUT2D eigenvalue weighted by molar-refractivity contribution is 5.72. The number of benzene rings is 1. The van der Waals surface area contributed by atoms with Gasteiger partial charge in [-0.25, -0.2) is 0 Å². The van der Waals surface area contributed by atoms with Crippen LogP contribution in [0.4, 0.5) is 5.69 Å². The van der Waals surface area contributed by atoms with E-state index in [1.54, 1.807) is 0 Å². The van der Waals surface area contributed by atoms with E-state index in [2.05, 4.69) is 4.90 Å². The smallest absolute Gasteiger partial charge is 0.308 e. The molecule has 0 radical (unpaired) electrons. The van der Waals surface area contributed by atoms with Crippen LogP contribution in [-0.2, 0) is 4.79 Å². The van der Waals surface area contributed by atoms with Crippen molar-refractivity contribution in [3.8, 4) is 0 Å². The predicted molar refractivity (Wildman–Crippen MR) is 68.2 cm³/mol. The zero-order valence-electron chi connectivity index (χ0n) is 10.4. The number of hydrogen-bond acceptors (Lipinski definition) is 2. The van der Waals surface area contributed by atoms with Gasteiger partial charge in [-0.3, -0.25) is 4.79 Å². The van der Waals surface area contributed by atoms with E-state index in [0.717, 1.165) is 18.7 Å². The van der Waals surface area contributed by atoms with Crippen molar-refractivity contribution in [3.05, 3.63) is 30.3 Å². The van der Waals surface area contributed by atoms with Gasteiger partial charge in [0.1, 0.15) is 0 Å². The predicted octanol–water partition coefficient (Wildman–Crippen LogP) is 2.62. The van der Waals surface area contributed by atoms with Crippen molar-refractivity contribution in [3.63, 3.8) is 0 Å². The summed E-state index contributed by atoms with van der Waals surface area (Å²) in [6.45, 7) is 5.63. The van der Waals surface area contributed by atoms with Gasteiger partial charge >= 0.3 is 5.97 Å². The van der Waals surface area contributed by atoms with Gasteiger partial charge in [0.25, 0.3) is 0 Å². The second kappa shape index (κ2) is 4.40. The van der Waals surface area contributed by atoms with Crippen LogP contribution in [-0.4, -0.2) is 24.2 Å². The van der Waals surface area contributed by atoms with Crippen molar-refractivity contribution in [2.75, 3.05) is 18.0 Å². The molecule has 0 bridgehead atoms. The van der Waals surface area contributed by atoms with Gasteiger partial charge < -0.3 is 10.0 Å². The molecule has 1 aliphatic rings. The van der Waals surface area contributed by atoms with Crippen molar-refractivity contribution >= 4 is 11.7 Å². The Morgan fingerprint density at radius 2 is 2.00 bits per heavy atom. The normalized spacial score (nSPS) is 23.4. The molecular weight excluding hydrogens is 214 g/mol. The lowest BCUT2D eigenvalue weighted by Crippen LogP contribution is -2.48. The molecule has 0 spiro atoms. The van der Waals surface area contributed by atoms with Gasteiger partial charge in [0.15, 0.2) is 0 Å². The molecule has 1 N–H and O–H groups in total. The molecule has 1 atom stereocenters. The second-order valence-corrected chi connectivity index (χ2v) is 5.41. The highest BCUT2D eigenvalue weighted by Crippen LogP contribution is 2.37. The Kier molecular flexibility index (Phi) is 3.09. The quantitative estimate of drug-likeness (QED) is 0.853. The number of carboxylic acids is 1. The van der Waals surface area contributed by atoms with Gasteiger partial charge in [-0.05, 0) is 24.0 Å². The lowest BCUT2D eigenvalue weighted by Gasteiger charge is -2.42. The minimum atomic E-state index is -0.685. The number of anilines is 1. The molecule has 92 valence electrons. The molecule has 0 amide bonds. The molecule has 1 heterocycles. The molecule has 3 nitrogen and oxygen atoms in total. The summed E-state index contributed by atoms with van der Waals surface area (Å²) in [6, 6.07) is 10.0. The lowest BCUT2D eigenvalue weighted by molar-refractivity contribution is -0.146. The fourth-order valence-corrected chi connectivity index (χ4v) is 2.44. The van der Waals surface area contributed by atoms with E-state index in [1.165, 1.54) is 0 Å². The summed E-state index contributed by atoms with van der Waals surface area (Å²) in [5, 5.41) is 9.31. The first-order valence-electron chi connectivity index (χ1n) is 6.03. The molecule has 17 heavy (non-hydrogen) atoms. The third-order valence-electron chi connectivity index (χ3n) is 3.79. The first-order chi connectivity index (χ1) is 8.00. The van der Waals surface area contributed by atoms with Crippen molar-refractivity contribution in [1.82, 2.24) is 0 Å². The third-order valence-corrected chi connectivity index (χ3v) is 3.79. The molecular formula is C14H19NO2. The Morgan fingerprint density at radius 3 is 2.59 bits per heavy atom. The SMILES string of the molecule is CC1(C)CCN(c2ccccc2)CC1C(=O)O. The summed E-state index contributed by atoms with van der Waals surface area (Å²) in [4.78, 5) is 13.5. The Labute approximate surface area is 102 Å². The number of carbonyl (C=O) groups is 1. The molecule has 1 aromatic rings. The van der Waals surface area contributed by atoms with Crippen LogP contribution in [0.15, 0.2) is 30.3 Å². The molecule has 1 aliphatic heterocycles. The molecule has 0 aromatic heterocycles. The molecule has 1 saturated heterocycles.